The summed E-state index contributed by atoms with van der Waals surface area (Å²) in [6.45, 7) is 0.157. The Kier molecular flexibility index (Phi) is 5.48. The summed E-state index contributed by atoms with van der Waals surface area (Å²) in [6, 6.07) is 5.42. The van der Waals surface area contributed by atoms with Crippen LogP contribution in [-0.4, -0.2) is 15.6 Å². The molecule has 0 spiro atoms. The van der Waals surface area contributed by atoms with E-state index in [4.69, 9.17) is 5.84 Å². The van der Waals surface area contributed by atoms with Crippen LogP contribution in [0, 0.1) is 0 Å². The van der Waals surface area contributed by atoms with Crippen LogP contribution in [0.4, 0.5) is 0 Å². The maximum atomic E-state index is 12.0. The Morgan fingerprint density at radius 2 is 2.17 bits per heavy atom. The number of nitrogens with zero attached hydrogens (tertiary/aromatic N) is 3. The number of hydrogen-bond acceptors (Lipinski definition) is 3. The summed E-state index contributed by atoms with van der Waals surface area (Å²) in [5.41, 5.74) is 0.618. The van der Waals surface area contributed by atoms with Gasteiger partial charge in [0.15, 0.2) is 6.54 Å². The van der Waals surface area contributed by atoms with E-state index in [9.17, 15) is 4.79 Å². The molecule has 2 N–H and O–H groups in total. The molecule has 5 nitrogen and oxygen atoms in total. The van der Waals surface area contributed by atoms with Crippen molar-refractivity contribution in [3.8, 4) is 0 Å². The number of hydrogen-bond donors (Lipinski definition) is 1. The molecule has 0 aliphatic carbocycles. The smallest absolute Gasteiger partial charge is 0.286 e. The predicted octanol–water partition coefficient (Wildman–Crippen LogP) is -1.70. The van der Waals surface area contributed by atoms with Crippen LogP contribution in [0.5, 0.6) is 0 Å². The first-order valence-electron chi connectivity index (χ1n) is 4.73. The lowest BCUT2D eigenvalue weighted by Crippen LogP contribution is -3.00. The lowest BCUT2D eigenvalue weighted by Gasteiger charge is -2.01. The second-order valence-corrected chi connectivity index (χ2v) is 5.21. The molecule has 0 aliphatic heterocycles. The van der Waals surface area contributed by atoms with Gasteiger partial charge in [-0.15, -0.1) is 9.36 Å². The molecule has 1 aromatic heterocycles. The lowest BCUT2D eigenvalue weighted by molar-refractivity contribution is -0.639. The molecule has 2 aromatic rings. The van der Waals surface area contributed by atoms with Crippen LogP contribution in [0.3, 0.4) is 0 Å². The molecule has 0 aliphatic rings. The van der Waals surface area contributed by atoms with Crippen LogP contribution in [0.15, 0.2) is 39.8 Å². The van der Waals surface area contributed by atoms with Crippen molar-refractivity contribution in [3.05, 3.63) is 45.4 Å². The first-order chi connectivity index (χ1) is 8.06. The normalized spacial score (nSPS) is 9.89. The number of carbonyl (C=O) groups excluding carboxylic acids is 1. The van der Waals surface area contributed by atoms with Crippen LogP contribution in [0.1, 0.15) is 10.4 Å². The van der Waals surface area contributed by atoms with Gasteiger partial charge in [0.2, 0.25) is 12.1 Å². The van der Waals surface area contributed by atoms with E-state index in [1.165, 1.54) is 15.7 Å². The third-order valence-electron chi connectivity index (χ3n) is 2.14. The number of ketones is 1. The fourth-order valence-corrected chi connectivity index (χ4v) is 2.64. The Hall–Kier alpha value is -0.730. The van der Waals surface area contributed by atoms with Crippen molar-refractivity contribution in [2.75, 3.05) is 5.84 Å². The number of benzene rings is 1. The van der Waals surface area contributed by atoms with Gasteiger partial charge in [-0.25, -0.2) is 0 Å². The molecule has 0 amide bonds. The molecule has 1 aromatic carbocycles. The summed E-state index contributed by atoms with van der Waals surface area (Å²) in [6.07, 6.45) is 2.98. The maximum absolute atomic E-state index is 12.0. The van der Waals surface area contributed by atoms with E-state index in [-0.39, 0.29) is 29.3 Å². The first kappa shape index (κ1) is 15.3. The van der Waals surface area contributed by atoms with E-state index in [0.717, 1.165) is 8.95 Å². The highest BCUT2D eigenvalue weighted by Gasteiger charge is 2.15. The fourth-order valence-electron chi connectivity index (χ4n) is 1.37. The van der Waals surface area contributed by atoms with E-state index in [1.54, 1.807) is 12.4 Å². The Morgan fingerprint density at radius 3 is 2.72 bits per heavy atom. The van der Waals surface area contributed by atoms with Crippen molar-refractivity contribution in [1.29, 1.82) is 0 Å². The Morgan fingerprint density at radius 1 is 1.44 bits per heavy atom. The molecular weight excluding hydrogens is 432 g/mol. The van der Waals surface area contributed by atoms with Crippen molar-refractivity contribution in [2.24, 2.45) is 0 Å². The third-order valence-corrected chi connectivity index (χ3v) is 3.29. The Balaban J connectivity index is 0.00000162. The Labute approximate surface area is 131 Å². The molecule has 0 radical (unpaired) electrons. The number of rotatable bonds is 3. The van der Waals surface area contributed by atoms with Crippen LogP contribution < -0.4 is 27.5 Å². The van der Waals surface area contributed by atoms with Crippen LogP contribution in [0.25, 0.3) is 0 Å². The highest BCUT2D eigenvalue weighted by atomic mass is 79.9. The molecule has 0 atom stereocenters. The standard InChI is InChI=1S/C10H9Br2N4O.BrH/c11-7-1-2-8(9(12)3-7)10(17)4-16-6-15(13)5-14-16;/h1-3,5-6H,4,13H2;1H/q+1;/p-1. The van der Waals surface area contributed by atoms with E-state index in [0.29, 0.717) is 5.56 Å². The SMILES string of the molecule is N[n+]1cnn(CC(=O)c2ccc(Br)cc2Br)c1.[Br-]. The highest BCUT2D eigenvalue weighted by Crippen LogP contribution is 2.22. The van der Waals surface area contributed by atoms with Gasteiger partial charge < -0.3 is 17.0 Å². The third kappa shape index (κ3) is 3.63. The molecule has 96 valence electrons. The largest absolute Gasteiger partial charge is 1.00 e. The second kappa shape index (κ2) is 6.44. The minimum Gasteiger partial charge on any atom is -1.00 e. The lowest BCUT2D eigenvalue weighted by atomic mass is 10.1. The average Bonchev–Trinajstić information content (AvgIpc) is 2.63. The summed E-state index contributed by atoms with van der Waals surface area (Å²) in [5, 5.41) is 3.94. The molecule has 0 bridgehead atoms. The van der Waals surface area contributed by atoms with Crippen LogP contribution in [0.2, 0.25) is 0 Å². The number of nitrogen functional groups attached to an aromatic ring is 1. The van der Waals surface area contributed by atoms with Gasteiger partial charge in [0.05, 0.1) is 0 Å². The minimum absolute atomic E-state index is 0. The van der Waals surface area contributed by atoms with Gasteiger partial charge in [-0.2, -0.15) is 0 Å². The van der Waals surface area contributed by atoms with E-state index >= 15 is 0 Å². The number of aromatic nitrogens is 3. The first-order valence-corrected chi connectivity index (χ1v) is 6.32. The maximum Gasteiger partial charge on any atom is 0.286 e. The molecule has 18 heavy (non-hydrogen) atoms. The summed E-state index contributed by atoms with van der Waals surface area (Å²) in [7, 11) is 0. The molecule has 1 heterocycles. The highest BCUT2D eigenvalue weighted by molar-refractivity contribution is 9.11. The van der Waals surface area contributed by atoms with Gasteiger partial charge in [0, 0.05) is 19.6 Å². The van der Waals surface area contributed by atoms with Crippen molar-refractivity contribution < 1.29 is 26.5 Å². The molecule has 0 saturated heterocycles. The second-order valence-electron chi connectivity index (χ2n) is 3.44. The summed E-state index contributed by atoms with van der Waals surface area (Å²) < 4.78 is 4.45. The van der Waals surface area contributed by atoms with Gasteiger partial charge >= 0.3 is 0 Å². The molecule has 0 fully saturated rings. The zero-order valence-electron chi connectivity index (χ0n) is 9.05. The predicted molar refractivity (Wildman–Crippen MR) is 68.7 cm³/mol. The summed E-state index contributed by atoms with van der Waals surface area (Å²) in [4.78, 5) is 12.0. The molecule has 0 saturated carbocycles. The van der Waals surface area contributed by atoms with Gasteiger partial charge in [-0.05, 0) is 18.2 Å². The van der Waals surface area contributed by atoms with E-state index < -0.39 is 0 Å². The number of halogens is 3. The van der Waals surface area contributed by atoms with Gasteiger partial charge in [0.1, 0.15) is 0 Å². The molecule has 0 unspecified atom stereocenters. The summed E-state index contributed by atoms with van der Waals surface area (Å²) in [5.74, 6) is 5.42. The van der Waals surface area contributed by atoms with Crippen LogP contribution >= 0.6 is 31.9 Å². The molecular formula is C10H9Br3N4O. The quantitative estimate of drug-likeness (QED) is 0.351. The van der Waals surface area contributed by atoms with E-state index in [2.05, 4.69) is 37.0 Å². The monoisotopic (exact) mass is 438 g/mol. The average molecular weight is 441 g/mol. The van der Waals surface area contributed by atoms with Crippen molar-refractivity contribution in [3.63, 3.8) is 0 Å². The topological polar surface area (TPSA) is 64.8 Å². The van der Waals surface area contributed by atoms with Crippen molar-refractivity contribution in [1.82, 2.24) is 9.78 Å². The Bertz CT molecular complexity index is 570. The van der Waals surface area contributed by atoms with Crippen molar-refractivity contribution in [2.45, 2.75) is 6.54 Å². The summed E-state index contributed by atoms with van der Waals surface area (Å²) >= 11 is 6.69. The number of Topliss-reactive ketones (excluding diaryl/α,β-unsaturated/α-hetero) is 1. The zero-order chi connectivity index (χ0) is 12.4. The van der Waals surface area contributed by atoms with Crippen LogP contribution in [-0.2, 0) is 6.54 Å². The fraction of sp³-hybridized carbons (Fsp3) is 0.100. The number of carbonyl (C=O) groups is 1. The van der Waals surface area contributed by atoms with Gasteiger partial charge in [-0.3, -0.25) is 10.6 Å². The molecule has 8 heteroatoms. The minimum atomic E-state index is -0.0342. The van der Waals surface area contributed by atoms with Gasteiger partial charge in [-0.1, -0.05) is 31.9 Å². The van der Waals surface area contributed by atoms with Crippen molar-refractivity contribution >= 4 is 37.6 Å². The zero-order valence-corrected chi connectivity index (χ0v) is 13.8. The molecule has 2 rings (SSSR count). The van der Waals surface area contributed by atoms with Gasteiger partial charge in [0.25, 0.3) is 6.33 Å². The number of nitrogens with two attached hydrogens (primary N) is 1. The van der Waals surface area contributed by atoms with E-state index in [1.807, 2.05) is 12.1 Å².